The van der Waals surface area contributed by atoms with Gasteiger partial charge >= 0.3 is 6.18 Å². The molecule has 0 atom stereocenters. The Bertz CT molecular complexity index is 1300. The van der Waals surface area contributed by atoms with Crippen LogP contribution in [0.5, 0.6) is 0 Å². The number of hydrogen-bond donors (Lipinski definition) is 2. The van der Waals surface area contributed by atoms with Gasteiger partial charge in [0.25, 0.3) is 5.91 Å². The molecular formula is C23H18ClF6N5O. The van der Waals surface area contributed by atoms with E-state index >= 15 is 0 Å². The maximum Gasteiger partial charge on any atom is 0.435 e. The molecule has 1 saturated carbocycles. The SMILES string of the molecule is O=C(NC(=Nc1cc(C(F)(F)F)nn1C1CCCC1)Nc1cc(F)cc(Cl)c1)c1ccc(F)c(F)c1. The minimum atomic E-state index is -4.74. The van der Waals surface area contributed by atoms with Gasteiger partial charge in [0.1, 0.15) is 5.82 Å². The molecule has 1 aliphatic carbocycles. The van der Waals surface area contributed by atoms with Gasteiger partial charge in [0.05, 0.1) is 6.04 Å². The van der Waals surface area contributed by atoms with Gasteiger partial charge in [-0.2, -0.15) is 23.3 Å². The lowest BCUT2D eigenvalue weighted by molar-refractivity contribution is -0.141. The fourth-order valence-corrected chi connectivity index (χ4v) is 4.03. The third-order valence-corrected chi connectivity index (χ3v) is 5.66. The van der Waals surface area contributed by atoms with E-state index in [1.807, 2.05) is 0 Å². The van der Waals surface area contributed by atoms with Crippen molar-refractivity contribution in [2.24, 2.45) is 4.99 Å². The normalized spacial score (nSPS) is 14.8. The van der Waals surface area contributed by atoms with Crippen LogP contribution in [0.1, 0.15) is 47.8 Å². The van der Waals surface area contributed by atoms with Crippen LogP contribution >= 0.6 is 11.6 Å². The minimum Gasteiger partial charge on any atom is -0.325 e. The lowest BCUT2D eigenvalue weighted by atomic mass is 10.2. The molecule has 3 aromatic rings. The van der Waals surface area contributed by atoms with Crippen LogP contribution < -0.4 is 10.6 Å². The molecule has 0 aliphatic heterocycles. The topological polar surface area (TPSA) is 71.3 Å². The van der Waals surface area contributed by atoms with E-state index in [1.165, 1.54) is 6.07 Å². The van der Waals surface area contributed by atoms with Crippen molar-refractivity contribution in [3.05, 3.63) is 76.2 Å². The molecule has 0 unspecified atom stereocenters. The van der Waals surface area contributed by atoms with Crippen molar-refractivity contribution in [2.75, 3.05) is 5.32 Å². The van der Waals surface area contributed by atoms with Crippen molar-refractivity contribution in [3.8, 4) is 0 Å². The van der Waals surface area contributed by atoms with Crippen LogP contribution in [-0.4, -0.2) is 21.6 Å². The van der Waals surface area contributed by atoms with Gasteiger partial charge in [-0.25, -0.2) is 17.9 Å². The number of hydrogen-bond acceptors (Lipinski definition) is 3. The third kappa shape index (κ3) is 5.99. The number of aliphatic imine (C=N–C) groups is 1. The largest absolute Gasteiger partial charge is 0.435 e. The summed E-state index contributed by atoms with van der Waals surface area (Å²) in [4.78, 5) is 16.9. The highest BCUT2D eigenvalue weighted by atomic mass is 35.5. The Morgan fingerprint density at radius 2 is 1.75 bits per heavy atom. The first-order valence-electron chi connectivity index (χ1n) is 10.7. The summed E-state index contributed by atoms with van der Waals surface area (Å²) in [7, 11) is 0. The van der Waals surface area contributed by atoms with Gasteiger partial charge in [-0.3, -0.25) is 10.1 Å². The zero-order valence-corrected chi connectivity index (χ0v) is 19.1. The number of amides is 1. The van der Waals surface area contributed by atoms with Gasteiger partial charge in [0.15, 0.2) is 23.1 Å². The van der Waals surface area contributed by atoms with Crippen molar-refractivity contribution in [1.29, 1.82) is 0 Å². The van der Waals surface area contributed by atoms with Crippen molar-refractivity contribution >= 4 is 35.0 Å². The molecule has 1 heterocycles. The first kappa shape index (κ1) is 25.5. The van der Waals surface area contributed by atoms with E-state index in [1.54, 1.807) is 0 Å². The Hall–Kier alpha value is -3.54. The number of carbonyl (C=O) groups is 1. The summed E-state index contributed by atoms with van der Waals surface area (Å²) in [5.74, 6) is -4.77. The number of nitrogens with one attached hydrogen (secondary N) is 2. The monoisotopic (exact) mass is 529 g/mol. The number of halogens is 7. The van der Waals surface area contributed by atoms with Crippen LogP contribution in [0.2, 0.25) is 5.02 Å². The smallest absolute Gasteiger partial charge is 0.325 e. The molecule has 1 aromatic heterocycles. The standard InChI is InChI=1S/C23H18ClF6N5O/c24-13-8-14(25)10-15(9-13)31-22(33-21(36)12-5-6-17(26)18(27)7-12)32-20-11-19(23(28,29)30)34-35(20)16-3-1-2-4-16/h5-11,16H,1-4H2,(H2,31,32,33,36). The number of benzene rings is 2. The van der Waals surface area contributed by atoms with Crippen LogP contribution in [0.3, 0.4) is 0 Å². The van der Waals surface area contributed by atoms with Crippen molar-refractivity contribution < 1.29 is 31.1 Å². The molecular weight excluding hydrogens is 512 g/mol. The molecule has 0 bridgehead atoms. The maximum absolute atomic E-state index is 13.9. The average Bonchev–Trinajstić information content (AvgIpc) is 3.44. The lowest BCUT2D eigenvalue weighted by Gasteiger charge is -2.15. The zero-order valence-electron chi connectivity index (χ0n) is 18.3. The van der Waals surface area contributed by atoms with Gasteiger partial charge in [-0.05, 0) is 49.2 Å². The number of anilines is 1. The Labute approximate surface area is 206 Å². The Kier molecular flexibility index (Phi) is 7.25. The highest BCUT2D eigenvalue weighted by Gasteiger charge is 2.36. The summed E-state index contributed by atoms with van der Waals surface area (Å²) < 4.78 is 82.1. The van der Waals surface area contributed by atoms with Crippen LogP contribution in [0, 0.1) is 17.5 Å². The molecule has 0 spiro atoms. The minimum absolute atomic E-state index is 0.000799. The average molecular weight is 530 g/mol. The second kappa shape index (κ2) is 10.2. The second-order valence-corrected chi connectivity index (χ2v) is 8.53. The molecule has 6 nitrogen and oxygen atoms in total. The quantitative estimate of drug-likeness (QED) is 0.227. The number of guanidine groups is 1. The first-order valence-corrected chi connectivity index (χ1v) is 11.1. The molecule has 0 radical (unpaired) electrons. The molecule has 4 rings (SSSR count). The van der Waals surface area contributed by atoms with Crippen molar-refractivity contribution in [1.82, 2.24) is 15.1 Å². The number of alkyl halides is 3. The van der Waals surface area contributed by atoms with Gasteiger partial charge < -0.3 is 5.32 Å². The Morgan fingerprint density at radius 1 is 1.03 bits per heavy atom. The molecule has 1 amide bonds. The van der Waals surface area contributed by atoms with Crippen LogP contribution in [-0.2, 0) is 6.18 Å². The molecule has 0 saturated heterocycles. The van der Waals surface area contributed by atoms with E-state index in [2.05, 4.69) is 20.7 Å². The summed E-state index contributed by atoms with van der Waals surface area (Å²) in [5.41, 5.74) is -1.44. The fraction of sp³-hybridized carbons (Fsp3) is 0.261. The summed E-state index contributed by atoms with van der Waals surface area (Å²) in [6.07, 6.45) is -1.97. The van der Waals surface area contributed by atoms with Crippen LogP contribution in [0.25, 0.3) is 0 Å². The molecule has 2 N–H and O–H groups in total. The molecule has 2 aromatic carbocycles. The highest BCUT2D eigenvalue weighted by Crippen LogP contribution is 2.37. The van der Waals surface area contributed by atoms with E-state index in [4.69, 9.17) is 11.6 Å². The van der Waals surface area contributed by atoms with E-state index in [9.17, 15) is 31.1 Å². The molecule has 36 heavy (non-hydrogen) atoms. The van der Waals surface area contributed by atoms with E-state index in [-0.39, 0.29) is 28.1 Å². The van der Waals surface area contributed by atoms with Crippen LogP contribution in [0.4, 0.5) is 37.8 Å². The van der Waals surface area contributed by atoms with Crippen LogP contribution in [0.15, 0.2) is 47.5 Å². The Morgan fingerprint density at radius 3 is 2.39 bits per heavy atom. The van der Waals surface area contributed by atoms with Crippen molar-refractivity contribution in [2.45, 2.75) is 37.9 Å². The van der Waals surface area contributed by atoms with E-state index < -0.39 is 41.2 Å². The number of carbonyl (C=O) groups excluding carboxylic acids is 1. The predicted octanol–water partition coefficient (Wildman–Crippen LogP) is 6.62. The first-order chi connectivity index (χ1) is 17.0. The Balaban J connectivity index is 1.75. The zero-order chi connectivity index (χ0) is 26.0. The lowest BCUT2D eigenvalue weighted by Crippen LogP contribution is -2.36. The van der Waals surface area contributed by atoms with E-state index in [0.29, 0.717) is 18.9 Å². The summed E-state index contributed by atoms with van der Waals surface area (Å²) in [6, 6.07) is 6.11. The second-order valence-electron chi connectivity index (χ2n) is 8.09. The number of rotatable bonds is 4. The van der Waals surface area contributed by atoms with Crippen molar-refractivity contribution in [3.63, 3.8) is 0 Å². The predicted molar refractivity (Wildman–Crippen MR) is 121 cm³/mol. The van der Waals surface area contributed by atoms with Gasteiger partial charge in [-0.15, -0.1) is 0 Å². The summed E-state index contributed by atoms with van der Waals surface area (Å²) >= 11 is 5.87. The van der Waals surface area contributed by atoms with Gasteiger partial charge in [-0.1, -0.05) is 24.4 Å². The number of nitrogens with zero attached hydrogens (tertiary/aromatic N) is 3. The molecule has 13 heteroatoms. The molecule has 1 fully saturated rings. The third-order valence-electron chi connectivity index (χ3n) is 5.44. The number of aromatic nitrogens is 2. The van der Waals surface area contributed by atoms with Gasteiger partial charge in [0.2, 0.25) is 5.96 Å². The van der Waals surface area contributed by atoms with Gasteiger partial charge in [0, 0.05) is 22.3 Å². The fourth-order valence-electron chi connectivity index (χ4n) is 3.81. The summed E-state index contributed by atoms with van der Waals surface area (Å²) in [6.45, 7) is 0. The molecule has 190 valence electrons. The highest BCUT2D eigenvalue weighted by molar-refractivity contribution is 6.31. The maximum atomic E-state index is 13.9. The summed E-state index contributed by atoms with van der Waals surface area (Å²) in [5, 5.41) is 8.59. The van der Waals surface area contributed by atoms with E-state index in [0.717, 1.165) is 47.9 Å². The molecule has 1 aliphatic rings.